The zero-order valence-electron chi connectivity index (χ0n) is 11.9. The number of anilines is 1. The summed E-state index contributed by atoms with van der Waals surface area (Å²) in [6.07, 6.45) is 0. The summed E-state index contributed by atoms with van der Waals surface area (Å²) in [4.78, 5) is 0. The number of benzene rings is 2. The van der Waals surface area contributed by atoms with Gasteiger partial charge in [-0.2, -0.15) is 0 Å². The molecule has 0 aliphatic carbocycles. The van der Waals surface area contributed by atoms with Gasteiger partial charge in [-0.3, -0.25) is 0 Å². The van der Waals surface area contributed by atoms with Gasteiger partial charge in [-0.05, 0) is 44.5 Å². The molecule has 0 aliphatic rings. The molecule has 0 atom stereocenters. The van der Waals surface area contributed by atoms with E-state index in [0.29, 0.717) is 6.61 Å². The van der Waals surface area contributed by atoms with Crippen LogP contribution in [0.25, 0.3) is 0 Å². The lowest BCUT2D eigenvalue weighted by Gasteiger charge is -2.11. The molecule has 0 radical (unpaired) electrons. The maximum Gasteiger partial charge on any atom is 0.122 e. The number of ether oxygens (including phenoxy) is 1. The Balaban J connectivity index is 1.79. The van der Waals surface area contributed by atoms with Gasteiger partial charge in [0, 0.05) is 12.2 Å². The molecule has 19 heavy (non-hydrogen) atoms. The average Bonchev–Trinajstić information content (AvgIpc) is 2.39. The van der Waals surface area contributed by atoms with Crippen LogP contribution < -0.4 is 10.1 Å². The van der Waals surface area contributed by atoms with Crippen molar-refractivity contribution in [1.29, 1.82) is 0 Å². The summed E-state index contributed by atoms with van der Waals surface area (Å²) < 4.78 is 5.77. The third-order valence-electron chi connectivity index (χ3n) is 3.07. The predicted octanol–water partition coefficient (Wildman–Crippen LogP) is 4.10. The highest BCUT2D eigenvalue weighted by molar-refractivity contribution is 5.44. The molecule has 0 heterocycles. The molecule has 0 aromatic heterocycles. The highest BCUT2D eigenvalue weighted by Crippen LogP contribution is 2.18. The van der Waals surface area contributed by atoms with Gasteiger partial charge >= 0.3 is 0 Å². The summed E-state index contributed by atoms with van der Waals surface area (Å²) in [6, 6.07) is 14.6. The third kappa shape index (κ3) is 4.02. The zero-order valence-corrected chi connectivity index (χ0v) is 11.9. The quantitative estimate of drug-likeness (QED) is 0.812. The monoisotopic (exact) mass is 255 g/mol. The number of hydrogen-bond donors (Lipinski definition) is 1. The maximum atomic E-state index is 5.77. The zero-order chi connectivity index (χ0) is 13.7. The first-order valence-corrected chi connectivity index (χ1v) is 6.66. The van der Waals surface area contributed by atoms with Gasteiger partial charge in [0.05, 0.1) is 0 Å². The number of nitrogens with one attached hydrogen (secondary N) is 1. The van der Waals surface area contributed by atoms with Crippen molar-refractivity contribution in [2.75, 3.05) is 18.5 Å². The van der Waals surface area contributed by atoms with Gasteiger partial charge in [0.25, 0.3) is 0 Å². The summed E-state index contributed by atoms with van der Waals surface area (Å²) in [6.45, 7) is 7.73. The molecular formula is C17H21NO. The van der Waals surface area contributed by atoms with Crippen molar-refractivity contribution in [1.82, 2.24) is 0 Å². The van der Waals surface area contributed by atoms with E-state index in [2.05, 4.69) is 62.5 Å². The number of hydrogen-bond acceptors (Lipinski definition) is 2. The van der Waals surface area contributed by atoms with Gasteiger partial charge in [-0.1, -0.05) is 35.4 Å². The Morgan fingerprint density at radius 2 is 1.58 bits per heavy atom. The van der Waals surface area contributed by atoms with E-state index in [4.69, 9.17) is 4.74 Å². The third-order valence-corrected chi connectivity index (χ3v) is 3.07. The van der Waals surface area contributed by atoms with Crippen molar-refractivity contribution >= 4 is 5.69 Å². The second-order valence-corrected chi connectivity index (χ2v) is 4.91. The van der Waals surface area contributed by atoms with E-state index >= 15 is 0 Å². The van der Waals surface area contributed by atoms with Crippen LogP contribution in [0.4, 0.5) is 5.69 Å². The van der Waals surface area contributed by atoms with E-state index in [0.717, 1.165) is 18.0 Å². The lowest BCUT2D eigenvalue weighted by Crippen LogP contribution is -2.11. The standard InChI is InChI=1S/C17H21NO/c1-13-4-7-16(8-5-13)18-10-11-19-17-9-6-14(2)12-15(17)3/h4-9,12,18H,10-11H2,1-3H3. The Labute approximate surface area is 115 Å². The van der Waals surface area contributed by atoms with E-state index < -0.39 is 0 Å². The summed E-state index contributed by atoms with van der Waals surface area (Å²) in [5.74, 6) is 0.969. The molecule has 0 fully saturated rings. The van der Waals surface area contributed by atoms with Crippen molar-refractivity contribution in [3.63, 3.8) is 0 Å². The van der Waals surface area contributed by atoms with Crippen LogP contribution in [-0.2, 0) is 0 Å². The van der Waals surface area contributed by atoms with Crippen LogP contribution in [0, 0.1) is 20.8 Å². The largest absolute Gasteiger partial charge is 0.491 e. The van der Waals surface area contributed by atoms with Gasteiger partial charge < -0.3 is 10.1 Å². The van der Waals surface area contributed by atoms with E-state index in [1.807, 2.05) is 6.07 Å². The minimum Gasteiger partial charge on any atom is -0.491 e. The second kappa shape index (κ2) is 6.28. The molecule has 0 aliphatic heterocycles. The van der Waals surface area contributed by atoms with Crippen molar-refractivity contribution in [3.05, 3.63) is 59.2 Å². The molecule has 2 nitrogen and oxygen atoms in total. The molecule has 0 spiro atoms. The van der Waals surface area contributed by atoms with Crippen LogP contribution in [0.2, 0.25) is 0 Å². The Hall–Kier alpha value is -1.96. The molecule has 1 N–H and O–H groups in total. The first-order valence-electron chi connectivity index (χ1n) is 6.66. The number of aryl methyl sites for hydroxylation is 3. The predicted molar refractivity (Wildman–Crippen MR) is 81.1 cm³/mol. The molecule has 0 unspecified atom stereocenters. The van der Waals surface area contributed by atoms with Crippen LogP contribution in [0.1, 0.15) is 16.7 Å². The van der Waals surface area contributed by atoms with E-state index in [9.17, 15) is 0 Å². The van der Waals surface area contributed by atoms with Crippen molar-refractivity contribution in [3.8, 4) is 5.75 Å². The van der Waals surface area contributed by atoms with E-state index in [1.54, 1.807) is 0 Å². The summed E-state index contributed by atoms with van der Waals surface area (Å²) in [5, 5.41) is 3.35. The van der Waals surface area contributed by atoms with Gasteiger partial charge in [-0.25, -0.2) is 0 Å². The molecule has 0 amide bonds. The average molecular weight is 255 g/mol. The van der Waals surface area contributed by atoms with Crippen LogP contribution in [0.3, 0.4) is 0 Å². The highest BCUT2D eigenvalue weighted by atomic mass is 16.5. The molecule has 0 bridgehead atoms. The van der Waals surface area contributed by atoms with Crippen LogP contribution in [0.5, 0.6) is 5.75 Å². The fourth-order valence-electron chi connectivity index (χ4n) is 1.99. The molecule has 2 rings (SSSR count). The first kappa shape index (κ1) is 13.5. The topological polar surface area (TPSA) is 21.3 Å². The molecule has 100 valence electrons. The maximum absolute atomic E-state index is 5.77. The van der Waals surface area contributed by atoms with Crippen LogP contribution >= 0.6 is 0 Å². The lowest BCUT2D eigenvalue weighted by molar-refractivity contribution is 0.330. The van der Waals surface area contributed by atoms with E-state index in [1.165, 1.54) is 16.7 Å². The summed E-state index contributed by atoms with van der Waals surface area (Å²) >= 11 is 0. The van der Waals surface area contributed by atoms with Crippen molar-refractivity contribution < 1.29 is 4.74 Å². The Morgan fingerprint density at radius 1 is 0.895 bits per heavy atom. The number of rotatable bonds is 5. The minimum atomic E-state index is 0.664. The van der Waals surface area contributed by atoms with Crippen molar-refractivity contribution in [2.24, 2.45) is 0 Å². The van der Waals surface area contributed by atoms with Gasteiger partial charge in [0.15, 0.2) is 0 Å². The van der Waals surface area contributed by atoms with Crippen LogP contribution in [0.15, 0.2) is 42.5 Å². The molecule has 0 saturated carbocycles. The minimum absolute atomic E-state index is 0.664. The van der Waals surface area contributed by atoms with Gasteiger partial charge in [0.2, 0.25) is 0 Å². The van der Waals surface area contributed by atoms with Crippen molar-refractivity contribution in [2.45, 2.75) is 20.8 Å². The van der Waals surface area contributed by atoms with Crippen LogP contribution in [-0.4, -0.2) is 13.2 Å². The molecule has 2 aromatic carbocycles. The lowest BCUT2D eigenvalue weighted by atomic mass is 10.1. The van der Waals surface area contributed by atoms with Gasteiger partial charge in [0.1, 0.15) is 12.4 Å². The molecular weight excluding hydrogens is 234 g/mol. The first-order chi connectivity index (χ1) is 9.15. The van der Waals surface area contributed by atoms with E-state index in [-0.39, 0.29) is 0 Å². The summed E-state index contributed by atoms with van der Waals surface area (Å²) in [5.41, 5.74) is 4.87. The fourth-order valence-corrected chi connectivity index (χ4v) is 1.99. The van der Waals surface area contributed by atoms with Gasteiger partial charge in [-0.15, -0.1) is 0 Å². The smallest absolute Gasteiger partial charge is 0.122 e. The SMILES string of the molecule is Cc1ccc(NCCOc2ccc(C)cc2C)cc1. The normalized spacial score (nSPS) is 10.3. The molecule has 2 aromatic rings. The molecule has 2 heteroatoms. The molecule has 0 saturated heterocycles. The second-order valence-electron chi connectivity index (χ2n) is 4.91. The fraction of sp³-hybridized carbons (Fsp3) is 0.294. The Kier molecular flexibility index (Phi) is 4.45. The summed E-state index contributed by atoms with van der Waals surface area (Å²) in [7, 11) is 0. The Bertz CT molecular complexity index is 531. The highest BCUT2D eigenvalue weighted by Gasteiger charge is 1.99. The Morgan fingerprint density at radius 3 is 2.26 bits per heavy atom.